The number of benzene rings is 2. The summed E-state index contributed by atoms with van der Waals surface area (Å²) in [5.41, 5.74) is 2.56. The number of carbonyl (C=O) groups excluding carboxylic acids is 1. The maximum Gasteiger partial charge on any atom is 0.254 e. The molecule has 5 nitrogen and oxygen atoms in total. The quantitative estimate of drug-likeness (QED) is 0.763. The average molecular weight is 395 g/mol. The Morgan fingerprint density at radius 2 is 1.83 bits per heavy atom. The Balaban J connectivity index is 1.59. The van der Waals surface area contributed by atoms with Crippen LogP contribution in [0.2, 0.25) is 0 Å². The molecule has 154 valence electrons. The molecular weight excluding hydrogens is 366 g/mol. The standard InChI is InChI=1S/C24H29NO4/c1-27-20-9-7-17(8-10-20)18-5-4-6-19(15-18)23(26)25-14-13-24(29-3)12-11-21(28-2)16-22(24)25/h4-10,15,21-22H,11-14,16H2,1-3H3. The van der Waals surface area contributed by atoms with Crippen LogP contribution in [0.4, 0.5) is 0 Å². The van der Waals surface area contributed by atoms with E-state index >= 15 is 0 Å². The molecule has 1 heterocycles. The molecule has 2 aromatic carbocycles. The van der Waals surface area contributed by atoms with Gasteiger partial charge in [-0.05, 0) is 61.1 Å². The van der Waals surface area contributed by atoms with Crippen molar-refractivity contribution in [3.63, 3.8) is 0 Å². The van der Waals surface area contributed by atoms with Gasteiger partial charge in [-0.15, -0.1) is 0 Å². The van der Waals surface area contributed by atoms with Crippen LogP contribution in [0, 0.1) is 0 Å². The number of amides is 1. The molecule has 1 amide bonds. The minimum Gasteiger partial charge on any atom is -0.497 e. The summed E-state index contributed by atoms with van der Waals surface area (Å²) in [4.78, 5) is 15.5. The van der Waals surface area contributed by atoms with E-state index in [0.717, 1.165) is 49.1 Å². The normalized spacial score (nSPS) is 26.2. The van der Waals surface area contributed by atoms with Crippen molar-refractivity contribution in [2.45, 2.75) is 43.4 Å². The second-order valence-corrected chi connectivity index (χ2v) is 7.97. The van der Waals surface area contributed by atoms with E-state index in [-0.39, 0.29) is 23.7 Å². The third kappa shape index (κ3) is 3.65. The molecule has 0 spiro atoms. The zero-order valence-corrected chi connectivity index (χ0v) is 17.4. The van der Waals surface area contributed by atoms with Gasteiger partial charge >= 0.3 is 0 Å². The van der Waals surface area contributed by atoms with Crippen molar-refractivity contribution in [1.82, 2.24) is 4.90 Å². The summed E-state index contributed by atoms with van der Waals surface area (Å²) in [7, 11) is 5.19. The van der Waals surface area contributed by atoms with Crippen molar-refractivity contribution in [1.29, 1.82) is 0 Å². The minimum atomic E-state index is -0.238. The zero-order chi connectivity index (χ0) is 20.4. The Bertz CT molecular complexity index is 865. The molecule has 2 fully saturated rings. The number of ether oxygens (including phenoxy) is 3. The van der Waals surface area contributed by atoms with Gasteiger partial charge in [-0.25, -0.2) is 0 Å². The minimum absolute atomic E-state index is 0.0587. The molecule has 0 aromatic heterocycles. The number of hydrogen-bond acceptors (Lipinski definition) is 4. The van der Waals surface area contributed by atoms with Gasteiger partial charge in [0.2, 0.25) is 0 Å². The Hall–Kier alpha value is -2.37. The Morgan fingerprint density at radius 3 is 2.52 bits per heavy atom. The molecule has 2 aromatic rings. The largest absolute Gasteiger partial charge is 0.497 e. The number of likely N-dealkylation sites (tertiary alicyclic amines) is 1. The summed E-state index contributed by atoms with van der Waals surface area (Å²) >= 11 is 0. The van der Waals surface area contributed by atoms with Gasteiger partial charge in [-0.3, -0.25) is 4.79 Å². The van der Waals surface area contributed by atoms with E-state index in [1.165, 1.54) is 0 Å². The van der Waals surface area contributed by atoms with Gasteiger partial charge in [0.05, 0.1) is 24.9 Å². The highest BCUT2D eigenvalue weighted by atomic mass is 16.5. The van der Waals surface area contributed by atoms with Crippen molar-refractivity contribution >= 4 is 5.91 Å². The van der Waals surface area contributed by atoms with Crippen molar-refractivity contribution < 1.29 is 19.0 Å². The molecule has 3 atom stereocenters. The lowest BCUT2D eigenvalue weighted by Crippen LogP contribution is -2.53. The molecule has 0 N–H and O–H groups in total. The number of methoxy groups -OCH3 is 3. The smallest absolute Gasteiger partial charge is 0.254 e. The summed E-state index contributed by atoms with van der Waals surface area (Å²) in [6, 6.07) is 15.8. The van der Waals surface area contributed by atoms with Crippen LogP contribution in [0.25, 0.3) is 11.1 Å². The number of nitrogens with zero attached hydrogens (tertiary/aromatic N) is 1. The molecule has 1 saturated heterocycles. The van der Waals surface area contributed by atoms with Gasteiger partial charge in [0.25, 0.3) is 5.91 Å². The fourth-order valence-electron chi connectivity index (χ4n) is 4.90. The average Bonchev–Trinajstić information content (AvgIpc) is 3.17. The Kier molecular flexibility index (Phi) is 5.61. The van der Waals surface area contributed by atoms with Gasteiger partial charge in [-0.2, -0.15) is 0 Å². The molecule has 0 bridgehead atoms. The van der Waals surface area contributed by atoms with Crippen molar-refractivity contribution in [3.8, 4) is 16.9 Å². The van der Waals surface area contributed by atoms with Gasteiger partial charge in [0, 0.05) is 26.3 Å². The molecule has 1 aliphatic heterocycles. The zero-order valence-electron chi connectivity index (χ0n) is 17.4. The van der Waals surface area contributed by atoms with Gasteiger partial charge < -0.3 is 19.1 Å². The van der Waals surface area contributed by atoms with Crippen LogP contribution in [-0.2, 0) is 9.47 Å². The number of fused-ring (bicyclic) bond motifs is 1. The molecule has 5 heteroatoms. The van der Waals surface area contributed by atoms with Crippen LogP contribution < -0.4 is 4.74 Å². The first-order valence-corrected chi connectivity index (χ1v) is 10.2. The van der Waals surface area contributed by atoms with E-state index in [9.17, 15) is 4.79 Å². The molecule has 0 radical (unpaired) electrons. The Labute approximate surface area is 172 Å². The summed E-state index contributed by atoms with van der Waals surface area (Å²) in [5.74, 6) is 0.889. The van der Waals surface area contributed by atoms with Gasteiger partial charge in [-0.1, -0.05) is 24.3 Å². The first-order chi connectivity index (χ1) is 14.1. The van der Waals surface area contributed by atoms with Crippen LogP contribution in [0.15, 0.2) is 48.5 Å². The monoisotopic (exact) mass is 395 g/mol. The van der Waals surface area contributed by atoms with Gasteiger partial charge in [0.1, 0.15) is 5.75 Å². The second kappa shape index (κ2) is 8.17. The highest BCUT2D eigenvalue weighted by molar-refractivity contribution is 5.96. The number of hydrogen-bond donors (Lipinski definition) is 0. The van der Waals surface area contributed by atoms with E-state index in [4.69, 9.17) is 14.2 Å². The summed E-state index contributed by atoms with van der Waals surface area (Å²) in [6.07, 6.45) is 3.81. The third-order valence-electron chi connectivity index (χ3n) is 6.67. The van der Waals surface area contributed by atoms with Crippen LogP contribution in [0.3, 0.4) is 0 Å². The fourth-order valence-corrected chi connectivity index (χ4v) is 4.90. The molecule has 2 aliphatic rings. The maximum atomic E-state index is 13.4. The highest BCUT2D eigenvalue weighted by Crippen LogP contribution is 2.43. The van der Waals surface area contributed by atoms with E-state index in [1.807, 2.05) is 53.4 Å². The number of carbonyl (C=O) groups is 1. The molecule has 29 heavy (non-hydrogen) atoms. The van der Waals surface area contributed by atoms with E-state index in [2.05, 4.69) is 0 Å². The SMILES string of the molecule is COc1ccc(-c2cccc(C(=O)N3CCC4(OC)CCC(OC)CC34)c2)cc1. The topological polar surface area (TPSA) is 48.0 Å². The second-order valence-electron chi connectivity index (χ2n) is 7.97. The first kappa shape index (κ1) is 19.9. The van der Waals surface area contributed by atoms with Crippen molar-refractivity contribution in [2.75, 3.05) is 27.9 Å². The molecule has 3 unspecified atom stereocenters. The van der Waals surface area contributed by atoms with E-state index < -0.39 is 0 Å². The third-order valence-corrected chi connectivity index (χ3v) is 6.67. The van der Waals surface area contributed by atoms with Crippen LogP contribution in [0.1, 0.15) is 36.0 Å². The lowest BCUT2D eigenvalue weighted by molar-refractivity contribution is -0.0893. The van der Waals surface area contributed by atoms with Crippen molar-refractivity contribution in [3.05, 3.63) is 54.1 Å². The Morgan fingerprint density at radius 1 is 1.03 bits per heavy atom. The summed E-state index contributed by atoms with van der Waals surface area (Å²) < 4.78 is 16.8. The summed E-state index contributed by atoms with van der Waals surface area (Å²) in [5, 5.41) is 0. The first-order valence-electron chi connectivity index (χ1n) is 10.2. The predicted octanol–water partition coefficient (Wildman–Crippen LogP) is 4.16. The lowest BCUT2D eigenvalue weighted by Gasteiger charge is -2.43. The molecule has 1 aliphatic carbocycles. The summed E-state index contributed by atoms with van der Waals surface area (Å²) in [6.45, 7) is 0.723. The highest BCUT2D eigenvalue weighted by Gasteiger charge is 2.52. The van der Waals surface area contributed by atoms with E-state index in [1.54, 1.807) is 21.3 Å². The maximum absolute atomic E-state index is 13.4. The van der Waals surface area contributed by atoms with Crippen LogP contribution in [0.5, 0.6) is 5.75 Å². The molecule has 4 rings (SSSR count). The van der Waals surface area contributed by atoms with Crippen molar-refractivity contribution in [2.24, 2.45) is 0 Å². The fraction of sp³-hybridized carbons (Fsp3) is 0.458. The molecule has 1 saturated carbocycles. The van der Waals surface area contributed by atoms with Gasteiger partial charge in [0.15, 0.2) is 0 Å². The van der Waals surface area contributed by atoms with E-state index in [0.29, 0.717) is 5.56 Å². The lowest BCUT2D eigenvalue weighted by atomic mass is 9.79. The van der Waals surface area contributed by atoms with Crippen LogP contribution >= 0.6 is 0 Å². The molecular formula is C24H29NO4. The van der Waals surface area contributed by atoms with Crippen LogP contribution in [-0.4, -0.2) is 56.4 Å². The number of rotatable bonds is 5. The predicted molar refractivity (Wildman–Crippen MR) is 112 cm³/mol.